The van der Waals surface area contributed by atoms with E-state index in [0.29, 0.717) is 36.7 Å². The molecule has 29 heavy (non-hydrogen) atoms. The maximum atomic E-state index is 13.3. The highest BCUT2D eigenvalue weighted by molar-refractivity contribution is 6.04. The number of fused-ring (bicyclic) bond motifs is 2. The number of piperidine rings is 1. The monoisotopic (exact) mass is 395 g/mol. The van der Waals surface area contributed by atoms with Crippen LogP contribution in [0.15, 0.2) is 48.5 Å². The molecule has 0 aromatic heterocycles. The molecule has 2 fully saturated rings. The lowest BCUT2D eigenvalue weighted by Gasteiger charge is -2.28. The van der Waals surface area contributed by atoms with E-state index in [9.17, 15) is 14.0 Å². The molecule has 2 saturated heterocycles. The molecule has 152 valence electrons. The first-order valence-electron chi connectivity index (χ1n) is 10.2. The van der Waals surface area contributed by atoms with E-state index in [0.717, 1.165) is 18.4 Å². The minimum absolute atomic E-state index is 0.0745. The molecule has 6 heteroatoms. The van der Waals surface area contributed by atoms with Gasteiger partial charge in [-0.2, -0.15) is 0 Å². The van der Waals surface area contributed by atoms with Crippen LogP contribution in [0.5, 0.6) is 0 Å². The number of amides is 2. The molecule has 2 aliphatic heterocycles. The number of benzene rings is 2. The average molecular weight is 395 g/mol. The molecule has 4 rings (SSSR count). The highest BCUT2D eigenvalue weighted by Crippen LogP contribution is 2.32. The lowest BCUT2D eigenvalue weighted by atomic mass is 9.89. The van der Waals surface area contributed by atoms with Crippen LogP contribution in [-0.2, 0) is 11.3 Å². The number of nitrogens with one attached hydrogen (secondary N) is 3. The summed E-state index contributed by atoms with van der Waals surface area (Å²) in [7, 11) is 0. The van der Waals surface area contributed by atoms with Crippen LogP contribution in [0.3, 0.4) is 0 Å². The standard InChI is InChI=1S/C23H26FN3O2/c24-18-5-2-4-17(13-18)23(29)27-19-6-1-3-15(9-19)14-25-22(28)12-16-10-20-7-8-21(11-16)26-20/h1-6,9,13,16,20-21,26H,7-8,10-12,14H2,(H,25,28)(H,27,29). The lowest BCUT2D eigenvalue weighted by Crippen LogP contribution is -2.39. The molecule has 0 spiro atoms. The fourth-order valence-corrected chi connectivity index (χ4v) is 4.47. The molecule has 0 aliphatic carbocycles. The quantitative estimate of drug-likeness (QED) is 0.700. The van der Waals surface area contributed by atoms with Crippen molar-refractivity contribution in [1.29, 1.82) is 0 Å². The van der Waals surface area contributed by atoms with Gasteiger partial charge >= 0.3 is 0 Å². The van der Waals surface area contributed by atoms with Crippen molar-refractivity contribution in [2.45, 2.75) is 50.7 Å². The second kappa shape index (κ2) is 8.74. The zero-order chi connectivity index (χ0) is 20.2. The van der Waals surface area contributed by atoms with E-state index in [2.05, 4.69) is 16.0 Å². The molecular formula is C23H26FN3O2. The second-order valence-corrected chi connectivity index (χ2v) is 8.12. The Labute approximate surface area is 170 Å². The van der Waals surface area contributed by atoms with Crippen LogP contribution < -0.4 is 16.0 Å². The molecule has 5 nitrogen and oxygen atoms in total. The molecule has 2 amide bonds. The summed E-state index contributed by atoms with van der Waals surface area (Å²) in [5, 5.41) is 9.37. The molecule has 2 aromatic rings. The van der Waals surface area contributed by atoms with Crippen LogP contribution in [0.25, 0.3) is 0 Å². The van der Waals surface area contributed by atoms with Crippen molar-refractivity contribution in [2.24, 2.45) is 5.92 Å². The molecule has 2 bridgehead atoms. The van der Waals surface area contributed by atoms with Gasteiger partial charge in [-0.25, -0.2) is 4.39 Å². The van der Waals surface area contributed by atoms with Crippen LogP contribution in [0.2, 0.25) is 0 Å². The fraction of sp³-hybridized carbons (Fsp3) is 0.391. The highest BCUT2D eigenvalue weighted by Gasteiger charge is 2.34. The largest absolute Gasteiger partial charge is 0.352 e. The van der Waals surface area contributed by atoms with Gasteiger partial charge in [0.1, 0.15) is 5.82 Å². The van der Waals surface area contributed by atoms with Crippen LogP contribution in [0.1, 0.15) is 48.0 Å². The number of hydrogen-bond donors (Lipinski definition) is 3. The van der Waals surface area contributed by atoms with Crippen LogP contribution in [0, 0.1) is 11.7 Å². The van der Waals surface area contributed by atoms with Crippen molar-refractivity contribution in [3.63, 3.8) is 0 Å². The summed E-state index contributed by atoms with van der Waals surface area (Å²) in [6.07, 6.45) is 5.22. The molecule has 0 saturated carbocycles. The van der Waals surface area contributed by atoms with E-state index in [4.69, 9.17) is 0 Å². The zero-order valence-electron chi connectivity index (χ0n) is 16.3. The first kappa shape index (κ1) is 19.6. The topological polar surface area (TPSA) is 70.2 Å². The number of halogens is 1. The summed E-state index contributed by atoms with van der Waals surface area (Å²) >= 11 is 0. The third kappa shape index (κ3) is 5.21. The number of rotatable bonds is 6. The normalized spacial score (nSPS) is 22.9. The zero-order valence-corrected chi connectivity index (χ0v) is 16.3. The third-order valence-electron chi connectivity index (χ3n) is 5.81. The summed E-state index contributed by atoms with van der Waals surface area (Å²) in [6.45, 7) is 0.417. The molecule has 2 aliphatic rings. The lowest BCUT2D eigenvalue weighted by molar-refractivity contribution is -0.122. The van der Waals surface area contributed by atoms with Crippen LogP contribution in [-0.4, -0.2) is 23.9 Å². The fourth-order valence-electron chi connectivity index (χ4n) is 4.47. The summed E-state index contributed by atoms with van der Waals surface area (Å²) < 4.78 is 13.3. The Kier molecular flexibility index (Phi) is 5.90. The molecule has 0 radical (unpaired) electrons. The Bertz CT molecular complexity index is 889. The van der Waals surface area contributed by atoms with Gasteiger partial charge in [0.05, 0.1) is 0 Å². The van der Waals surface area contributed by atoms with E-state index in [1.54, 1.807) is 12.1 Å². The van der Waals surface area contributed by atoms with Crippen molar-refractivity contribution < 1.29 is 14.0 Å². The number of anilines is 1. The average Bonchev–Trinajstić information content (AvgIpc) is 3.05. The first-order valence-corrected chi connectivity index (χ1v) is 10.2. The van der Waals surface area contributed by atoms with Crippen LogP contribution in [0.4, 0.5) is 10.1 Å². The molecule has 2 unspecified atom stereocenters. The van der Waals surface area contributed by atoms with Gasteiger partial charge in [0.25, 0.3) is 5.91 Å². The van der Waals surface area contributed by atoms with Crippen molar-refractivity contribution in [2.75, 3.05) is 5.32 Å². The second-order valence-electron chi connectivity index (χ2n) is 8.12. The van der Waals surface area contributed by atoms with E-state index in [-0.39, 0.29) is 17.4 Å². The Morgan fingerprint density at radius 1 is 1.03 bits per heavy atom. The summed E-state index contributed by atoms with van der Waals surface area (Å²) in [6, 6.07) is 14.1. The van der Waals surface area contributed by atoms with Gasteiger partial charge in [-0.1, -0.05) is 18.2 Å². The highest BCUT2D eigenvalue weighted by atomic mass is 19.1. The van der Waals surface area contributed by atoms with Crippen molar-refractivity contribution in [3.8, 4) is 0 Å². The van der Waals surface area contributed by atoms with Gasteiger partial charge in [0.2, 0.25) is 5.91 Å². The van der Waals surface area contributed by atoms with E-state index in [1.165, 1.54) is 31.0 Å². The number of carbonyl (C=O) groups excluding carboxylic acids is 2. The minimum atomic E-state index is -0.448. The molecule has 2 atom stereocenters. The van der Waals surface area contributed by atoms with Gasteiger partial charge in [0.15, 0.2) is 0 Å². The summed E-state index contributed by atoms with van der Waals surface area (Å²) in [5.41, 5.74) is 1.78. The first-order chi connectivity index (χ1) is 14.0. The molecule has 3 N–H and O–H groups in total. The Morgan fingerprint density at radius 2 is 1.79 bits per heavy atom. The Balaban J connectivity index is 1.28. The third-order valence-corrected chi connectivity index (χ3v) is 5.81. The van der Waals surface area contributed by atoms with Crippen molar-refractivity contribution >= 4 is 17.5 Å². The van der Waals surface area contributed by atoms with E-state index in [1.807, 2.05) is 18.2 Å². The van der Waals surface area contributed by atoms with Crippen molar-refractivity contribution in [3.05, 3.63) is 65.5 Å². The molecule has 2 aromatic carbocycles. The van der Waals surface area contributed by atoms with E-state index >= 15 is 0 Å². The van der Waals surface area contributed by atoms with E-state index < -0.39 is 5.82 Å². The van der Waals surface area contributed by atoms with Gasteiger partial charge in [-0.15, -0.1) is 0 Å². The molecular weight excluding hydrogens is 369 g/mol. The van der Waals surface area contributed by atoms with Gasteiger partial charge < -0.3 is 16.0 Å². The van der Waals surface area contributed by atoms with Gasteiger partial charge in [-0.3, -0.25) is 9.59 Å². The number of hydrogen-bond acceptors (Lipinski definition) is 3. The van der Waals surface area contributed by atoms with Gasteiger partial charge in [-0.05, 0) is 67.5 Å². The molecule has 2 heterocycles. The summed E-state index contributed by atoms with van der Waals surface area (Å²) in [4.78, 5) is 24.6. The number of carbonyl (C=O) groups is 2. The van der Waals surface area contributed by atoms with Crippen molar-refractivity contribution in [1.82, 2.24) is 10.6 Å². The predicted molar refractivity (Wildman–Crippen MR) is 110 cm³/mol. The predicted octanol–water partition coefficient (Wildman–Crippen LogP) is 3.61. The maximum Gasteiger partial charge on any atom is 0.255 e. The smallest absolute Gasteiger partial charge is 0.255 e. The summed E-state index contributed by atoms with van der Waals surface area (Å²) in [5.74, 6) is -0.279. The SMILES string of the molecule is O=C(CC1CC2CCC(C1)N2)NCc1cccc(NC(=O)c2cccc(F)c2)c1. The Hall–Kier alpha value is -2.73. The minimum Gasteiger partial charge on any atom is -0.352 e. The van der Waals surface area contributed by atoms with Gasteiger partial charge in [0, 0.05) is 36.3 Å². The maximum absolute atomic E-state index is 13.3. The Morgan fingerprint density at radius 3 is 2.55 bits per heavy atom. The van der Waals surface area contributed by atoms with Crippen LogP contribution >= 0.6 is 0 Å².